The van der Waals surface area contributed by atoms with Crippen LogP contribution in [-0.2, 0) is 16.2 Å². The number of benzene rings is 3. The molecule has 1 heterocycles. The van der Waals surface area contributed by atoms with Crippen LogP contribution in [0.3, 0.4) is 0 Å². The van der Waals surface area contributed by atoms with E-state index in [0.717, 1.165) is 28.5 Å². The molecule has 2 amide bonds. The van der Waals surface area contributed by atoms with E-state index in [9.17, 15) is 9.59 Å². The number of hydrogen-bond donors (Lipinski definition) is 1. The summed E-state index contributed by atoms with van der Waals surface area (Å²) in [5.41, 5.74) is 2.37. The maximum atomic E-state index is 13.2. The Kier molecular flexibility index (Phi) is 7.82. The predicted molar refractivity (Wildman–Crippen MR) is 153 cm³/mol. The van der Waals surface area contributed by atoms with Crippen molar-refractivity contribution in [1.82, 2.24) is 5.32 Å². The fourth-order valence-electron chi connectivity index (χ4n) is 3.20. The fourth-order valence-corrected chi connectivity index (χ4v) is 6.00. The summed E-state index contributed by atoms with van der Waals surface area (Å²) >= 11 is 13.1. The number of amides is 2. The van der Waals surface area contributed by atoms with Gasteiger partial charge in [-0.05, 0) is 105 Å². The Labute approximate surface area is 232 Å². The molecule has 0 atom stereocenters. The molecule has 1 N–H and O–H groups in total. The van der Waals surface area contributed by atoms with Gasteiger partial charge in [-0.3, -0.25) is 19.8 Å². The summed E-state index contributed by atoms with van der Waals surface area (Å²) in [6, 6.07) is 20.9. The minimum Gasteiger partial charge on any atom is -0.487 e. The minimum absolute atomic E-state index is 0.00753. The van der Waals surface area contributed by atoms with Gasteiger partial charge in [0.15, 0.2) is 5.11 Å². The van der Waals surface area contributed by atoms with Gasteiger partial charge >= 0.3 is 0 Å². The topological polar surface area (TPSA) is 58.6 Å². The Morgan fingerprint density at radius 2 is 1.70 bits per heavy atom. The van der Waals surface area contributed by atoms with Crippen LogP contribution < -0.4 is 15.0 Å². The smallest absolute Gasteiger partial charge is 0.270 e. The van der Waals surface area contributed by atoms with E-state index >= 15 is 0 Å². The Morgan fingerprint density at radius 1 is 1.00 bits per heavy atom. The van der Waals surface area contributed by atoms with Crippen LogP contribution in [0.2, 0.25) is 0 Å². The van der Waals surface area contributed by atoms with Gasteiger partial charge in [0.25, 0.3) is 11.8 Å². The molecule has 3 aromatic carbocycles. The minimum atomic E-state index is -0.523. The standard InChI is InChI=1S/C24H15BrI2N2O3S/c25-16-7-4-8-17(12-16)29-23(31)18(22(30)28-24(29)33)9-15-10-19(26)21(20(27)11-15)32-13-14-5-2-1-3-6-14/h1-12H,13H2,(H,28,30,33)/b18-9+. The predicted octanol–water partition coefficient (Wildman–Crippen LogP) is 6.07. The van der Waals surface area contributed by atoms with Crippen LogP contribution in [0, 0.1) is 7.14 Å². The molecule has 5 nitrogen and oxygen atoms in total. The second-order valence-electron chi connectivity index (χ2n) is 7.03. The third-order valence-electron chi connectivity index (χ3n) is 4.73. The highest BCUT2D eigenvalue weighted by Crippen LogP contribution is 2.31. The molecule has 0 radical (unpaired) electrons. The molecule has 9 heteroatoms. The van der Waals surface area contributed by atoms with E-state index in [-0.39, 0.29) is 10.7 Å². The third kappa shape index (κ3) is 5.64. The lowest BCUT2D eigenvalue weighted by molar-refractivity contribution is -0.122. The first-order chi connectivity index (χ1) is 15.8. The number of rotatable bonds is 5. The molecule has 1 aliphatic rings. The van der Waals surface area contributed by atoms with Crippen LogP contribution in [0.1, 0.15) is 11.1 Å². The average Bonchev–Trinajstić information content (AvgIpc) is 2.77. The van der Waals surface area contributed by atoms with Gasteiger partial charge in [-0.25, -0.2) is 0 Å². The molecule has 0 unspecified atom stereocenters. The Bertz CT molecular complexity index is 1270. The molecule has 1 fully saturated rings. The maximum absolute atomic E-state index is 13.2. The molecule has 0 aliphatic carbocycles. The van der Waals surface area contributed by atoms with Crippen molar-refractivity contribution in [3.8, 4) is 5.75 Å². The largest absolute Gasteiger partial charge is 0.487 e. The first-order valence-electron chi connectivity index (χ1n) is 9.66. The maximum Gasteiger partial charge on any atom is 0.270 e. The van der Waals surface area contributed by atoms with Gasteiger partial charge in [0, 0.05) is 4.47 Å². The molecular weight excluding hydrogens is 730 g/mol. The molecule has 0 saturated carbocycles. The van der Waals surface area contributed by atoms with Crippen molar-refractivity contribution in [3.05, 3.63) is 95.0 Å². The molecule has 1 aliphatic heterocycles. The lowest BCUT2D eigenvalue weighted by Crippen LogP contribution is -2.54. The Hall–Kier alpha value is -1.83. The van der Waals surface area contributed by atoms with Crippen LogP contribution in [0.5, 0.6) is 5.75 Å². The lowest BCUT2D eigenvalue weighted by atomic mass is 10.1. The number of ether oxygens (including phenoxy) is 1. The Morgan fingerprint density at radius 3 is 2.36 bits per heavy atom. The third-order valence-corrected chi connectivity index (χ3v) is 7.11. The second kappa shape index (κ2) is 10.6. The van der Waals surface area contributed by atoms with Gasteiger partial charge in [-0.15, -0.1) is 0 Å². The van der Waals surface area contributed by atoms with Gasteiger partial charge < -0.3 is 4.74 Å². The summed E-state index contributed by atoms with van der Waals surface area (Å²) < 4.78 is 8.59. The van der Waals surface area contributed by atoms with Crippen molar-refractivity contribution in [2.45, 2.75) is 6.61 Å². The molecule has 1 saturated heterocycles. The van der Waals surface area contributed by atoms with E-state index in [2.05, 4.69) is 66.4 Å². The summed E-state index contributed by atoms with van der Waals surface area (Å²) in [6.07, 6.45) is 1.58. The highest BCUT2D eigenvalue weighted by Gasteiger charge is 2.34. The van der Waals surface area contributed by atoms with Gasteiger partial charge in [-0.2, -0.15) is 0 Å². The zero-order valence-corrected chi connectivity index (χ0v) is 23.6. The highest BCUT2D eigenvalue weighted by atomic mass is 127. The molecule has 33 heavy (non-hydrogen) atoms. The Balaban J connectivity index is 1.62. The fraction of sp³-hybridized carbons (Fsp3) is 0.0417. The SMILES string of the molecule is O=C1NC(=S)N(c2cccc(Br)c2)C(=O)/C1=C/c1cc(I)c(OCc2ccccc2)c(I)c1. The zero-order chi connectivity index (χ0) is 23.5. The lowest BCUT2D eigenvalue weighted by Gasteiger charge is -2.29. The number of nitrogens with zero attached hydrogens (tertiary/aromatic N) is 1. The quantitative estimate of drug-likeness (QED) is 0.149. The second-order valence-corrected chi connectivity index (χ2v) is 10.7. The molecule has 4 rings (SSSR count). The zero-order valence-electron chi connectivity index (χ0n) is 16.8. The summed E-state index contributed by atoms with van der Waals surface area (Å²) in [5.74, 6) is -0.236. The van der Waals surface area contributed by atoms with E-state index in [0.29, 0.717) is 12.3 Å². The molecule has 0 bridgehead atoms. The summed E-state index contributed by atoms with van der Waals surface area (Å²) in [4.78, 5) is 27.2. The number of anilines is 1. The van der Waals surface area contributed by atoms with Crippen molar-refractivity contribution >= 4 is 102 Å². The monoisotopic (exact) mass is 744 g/mol. The first kappa shape index (κ1) is 24.3. The average molecular weight is 745 g/mol. The van der Waals surface area contributed by atoms with Crippen LogP contribution in [0.25, 0.3) is 6.08 Å². The molecule has 3 aromatic rings. The number of thiocarbonyl (C=S) groups is 1. The highest BCUT2D eigenvalue weighted by molar-refractivity contribution is 14.1. The first-order valence-corrected chi connectivity index (χ1v) is 13.0. The van der Waals surface area contributed by atoms with Gasteiger partial charge in [-0.1, -0.05) is 52.3 Å². The van der Waals surface area contributed by atoms with Crippen molar-refractivity contribution < 1.29 is 14.3 Å². The van der Waals surface area contributed by atoms with E-state index in [1.165, 1.54) is 4.90 Å². The van der Waals surface area contributed by atoms with Crippen molar-refractivity contribution in [2.75, 3.05) is 4.90 Å². The van der Waals surface area contributed by atoms with E-state index in [1.807, 2.05) is 48.5 Å². The number of carbonyl (C=O) groups is 2. The normalized spacial score (nSPS) is 15.1. The molecule has 0 aromatic heterocycles. The number of halogens is 3. The van der Waals surface area contributed by atoms with Crippen molar-refractivity contribution in [2.24, 2.45) is 0 Å². The van der Waals surface area contributed by atoms with Gasteiger partial charge in [0.05, 0.1) is 12.8 Å². The van der Waals surface area contributed by atoms with E-state index < -0.39 is 11.8 Å². The summed E-state index contributed by atoms with van der Waals surface area (Å²) in [6.45, 7) is 0.452. The van der Waals surface area contributed by atoms with Crippen LogP contribution in [-0.4, -0.2) is 16.9 Å². The number of hydrogen-bond acceptors (Lipinski definition) is 4. The van der Waals surface area contributed by atoms with Gasteiger partial charge in [0.2, 0.25) is 0 Å². The summed E-state index contributed by atoms with van der Waals surface area (Å²) in [7, 11) is 0. The molecule has 166 valence electrons. The van der Waals surface area contributed by atoms with Crippen LogP contribution in [0.4, 0.5) is 5.69 Å². The van der Waals surface area contributed by atoms with Crippen LogP contribution >= 0.6 is 73.3 Å². The molecular formula is C24H15BrI2N2O3S. The van der Waals surface area contributed by atoms with Gasteiger partial charge in [0.1, 0.15) is 17.9 Å². The van der Waals surface area contributed by atoms with E-state index in [1.54, 1.807) is 24.3 Å². The summed E-state index contributed by atoms with van der Waals surface area (Å²) in [5, 5.41) is 2.66. The molecule has 0 spiro atoms. The van der Waals surface area contributed by atoms with Crippen molar-refractivity contribution in [3.63, 3.8) is 0 Å². The number of carbonyl (C=O) groups excluding carboxylic acids is 2. The number of nitrogens with one attached hydrogen (secondary N) is 1. The van der Waals surface area contributed by atoms with E-state index in [4.69, 9.17) is 17.0 Å². The van der Waals surface area contributed by atoms with Crippen molar-refractivity contribution in [1.29, 1.82) is 0 Å². The van der Waals surface area contributed by atoms with Crippen LogP contribution in [0.15, 0.2) is 76.8 Å².